The van der Waals surface area contributed by atoms with Crippen molar-refractivity contribution in [2.75, 3.05) is 18.4 Å². The van der Waals surface area contributed by atoms with Crippen molar-refractivity contribution in [2.45, 2.75) is 25.3 Å². The minimum Gasteiger partial charge on any atom is -0.369 e. The molecule has 2 heterocycles. The number of anilines is 1. The third kappa shape index (κ3) is 3.34. The molecule has 0 saturated carbocycles. The van der Waals surface area contributed by atoms with E-state index >= 15 is 0 Å². The molecule has 5 heteroatoms. The second-order valence-corrected chi connectivity index (χ2v) is 5.32. The van der Waals surface area contributed by atoms with E-state index < -0.39 is 0 Å². The van der Waals surface area contributed by atoms with Gasteiger partial charge in [0.2, 0.25) is 0 Å². The highest BCUT2D eigenvalue weighted by Gasteiger charge is 2.13. The van der Waals surface area contributed by atoms with E-state index in [0.717, 1.165) is 29.8 Å². The van der Waals surface area contributed by atoms with Gasteiger partial charge in [-0.25, -0.2) is 4.98 Å². The minimum atomic E-state index is 0.654. The van der Waals surface area contributed by atoms with Crippen molar-refractivity contribution in [1.29, 1.82) is 0 Å². The van der Waals surface area contributed by atoms with Gasteiger partial charge in [-0.05, 0) is 47.8 Å². The van der Waals surface area contributed by atoms with Crippen LogP contribution >= 0.6 is 27.5 Å². The lowest BCUT2D eigenvalue weighted by Gasteiger charge is -2.11. The molecule has 1 aromatic rings. The Morgan fingerprint density at radius 2 is 2.50 bits per heavy atom. The van der Waals surface area contributed by atoms with Crippen LogP contribution in [0.1, 0.15) is 19.3 Å². The van der Waals surface area contributed by atoms with Crippen LogP contribution < -0.4 is 10.6 Å². The molecule has 88 valence electrons. The molecule has 0 bridgehead atoms. The summed E-state index contributed by atoms with van der Waals surface area (Å²) < 4.78 is 0.903. The molecule has 0 radical (unpaired) electrons. The zero-order valence-corrected chi connectivity index (χ0v) is 11.3. The van der Waals surface area contributed by atoms with Crippen LogP contribution in [0.5, 0.6) is 0 Å². The first-order valence-electron chi connectivity index (χ1n) is 5.54. The molecule has 0 spiro atoms. The number of rotatable bonds is 4. The van der Waals surface area contributed by atoms with Gasteiger partial charge in [0.05, 0.1) is 5.02 Å². The standard InChI is InChI=1S/C11H15BrClN3/c12-8-6-10(13)11(16-7-8)15-5-3-9-2-1-4-14-9/h6-7,9,14H,1-5H2,(H,15,16)/t9-/m0/s1. The summed E-state index contributed by atoms with van der Waals surface area (Å²) in [5.74, 6) is 0.767. The normalized spacial score (nSPS) is 20.0. The summed E-state index contributed by atoms with van der Waals surface area (Å²) in [5.41, 5.74) is 0. The predicted molar refractivity (Wildman–Crippen MR) is 71.1 cm³/mol. The minimum absolute atomic E-state index is 0.654. The number of hydrogen-bond acceptors (Lipinski definition) is 3. The molecule has 0 aromatic carbocycles. The molecule has 3 nitrogen and oxygen atoms in total. The summed E-state index contributed by atoms with van der Waals surface area (Å²) in [4.78, 5) is 4.23. The molecule has 1 aromatic heterocycles. The number of aromatic nitrogens is 1. The molecule has 0 unspecified atom stereocenters. The van der Waals surface area contributed by atoms with E-state index in [1.165, 1.54) is 12.8 Å². The van der Waals surface area contributed by atoms with Crippen LogP contribution in [-0.2, 0) is 0 Å². The molecular formula is C11H15BrClN3. The first kappa shape index (κ1) is 12.1. The zero-order chi connectivity index (χ0) is 11.4. The van der Waals surface area contributed by atoms with E-state index in [0.29, 0.717) is 11.1 Å². The lowest BCUT2D eigenvalue weighted by Crippen LogP contribution is -2.24. The molecule has 1 fully saturated rings. The van der Waals surface area contributed by atoms with Gasteiger partial charge in [-0.15, -0.1) is 0 Å². The van der Waals surface area contributed by atoms with Crippen molar-refractivity contribution in [2.24, 2.45) is 0 Å². The fourth-order valence-corrected chi connectivity index (χ4v) is 2.61. The number of pyridine rings is 1. The first-order chi connectivity index (χ1) is 7.75. The highest BCUT2D eigenvalue weighted by molar-refractivity contribution is 9.10. The maximum absolute atomic E-state index is 6.05. The van der Waals surface area contributed by atoms with Crippen LogP contribution in [0.2, 0.25) is 5.02 Å². The summed E-state index contributed by atoms with van der Waals surface area (Å²) in [7, 11) is 0. The Morgan fingerprint density at radius 3 is 3.19 bits per heavy atom. The Balaban J connectivity index is 1.80. The fourth-order valence-electron chi connectivity index (χ4n) is 1.91. The van der Waals surface area contributed by atoms with Gasteiger partial charge in [-0.1, -0.05) is 11.6 Å². The van der Waals surface area contributed by atoms with Crippen LogP contribution in [-0.4, -0.2) is 24.1 Å². The van der Waals surface area contributed by atoms with Crippen molar-refractivity contribution in [3.05, 3.63) is 21.8 Å². The van der Waals surface area contributed by atoms with Crippen LogP contribution in [0.4, 0.5) is 5.82 Å². The molecular weight excluding hydrogens is 289 g/mol. The molecule has 2 rings (SSSR count). The molecule has 0 aliphatic carbocycles. The van der Waals surface area contributed by atoms with Gasteiger partial charge in [0, 0.05) is 23.3 Å². The third-order valence-electron chi connectivity index (χ3n) is 2.76. The maximum atomic E-state index is 6.05. The van der Waals surface area contributed by atoms with Gasteiger partial charge in [0.1, 0.15) is 5.82 Å². The highest BCUT2D eigenvalue weighted by atomic mass is 79.9. The molecule has 1 aliphatic heterocycles. The Morgan fingerprint density at radius 1 is 1.62 bits per heavy atom. The van der Waals surface area contributed by atoms with E-state index in [-0.39, 0.29) is 0 Å². The number of nitrogens with zero attached hydrogens (tertiary/aromatic N) is 1. The van der Waals surface area contributed by atoms with Crippen molar-refractivity contribution < 1.29 is 0 Å². The predicted octanol–water partition coefficient (Wildman–Crippen LogP) is 3.05. The van der Waals surface area contributed by atoms with Crippen LogP contribution in [0.25, 0.3) is 0 Å². The van der Waals surface area contributed by atoms with E-state index in [4.69, 9.17) is 11.6 Å². The number of hydrogen-bond donors (Lipinski definition) is 2. The Labute approximate surface area is 109 Å². The topological polar surface area (TPSA) is 37.0 Å². The smallest absolute Gasteiger partial charge is 0.144 e. The summed E-state index contributed by atoms with van der Waals surface area (Å²) in [6.45, 7) is 2.06. The Hall–Kier alpha value is -0.320. The first-order valence-corrected chi connectivity index (χ1v) is 6.71. The molecule has 0 amide bonds. The maximum Gasteiger partial charge on any atom is 0.144 e. The Bertz CT molecular complexity index is 353. The third-order valence-corrected chi connectivity index (χ3v) is 3.48. The van der Waals surface area contributed by atoms with Gasteiger partial charge >= 0.3 is 0 Å². The van der Waals surface area contributed by atoms with Gasteiger partial charge in [0.15, 0.2) is 0 Å². The second kappa shape index (κ2) is 5.84. The molecule has 16 heavy (non-hydrogen) atoms. The monoisotopic (exact) mass is 303 g/mol. The molecule has 1 aliphatic rings. The summed E-state index contributed by atoms with van der Waals surface area (Å²) in [5, 5.41) is 7.39. The van der Waals surface area contributed by atoms with Crippen molar-refractivity contribution in [3.63, 3.8) is 0 Å². The zero-order valence-electron chi connectivity index (χ0n) is 8.97. The van der Waals surface area contributed by atoms with Crippen LogP contribution in [0.15, 0.2) is 16.7 Å². The van der Waals surface area contributed by atoms with Crippen molar-refractivity contribution in [3.8, 4) is 0 Å². The van der Waals surface area contributed by atoms with E-state index in [2.05, 4.69) is 31.5 Å². The van der Waals surface area contributed by atoms with Crippen LogP contribution in [0.3, 0.4) is 0 Å². The van der Waals surface area contributed by atoms with Crippen molar-refractivity contribution in [1.82, 2.24) is 10.3 Å². The van der Waals surface area contributed by atoms with Crippen molar-refractivity contribution >= 4 is 33.3 Å². The second-order valence-electron chi connectivity index (χ2n) is 3.99. The van der Waals surface area contributed by atoms with Crippen LogP contribution in [0, 0.1) is 0 Å². The molecule has 1 atom stereocenters. The average molecular weight is 305 g/mol. The van der Waals surface area contributed by atoms with Gasteiger partial charge < -0.3 is 10.6 Å². The van der Waals surface area contributed by atoms with E-state index in [1.54, 1.807) is 6.20 Å². The average Bonchev–Trinajstić information content (AvgIpc) is 2.74. The van der Waals surface area contributed by atoms with Gasteiger partial charge in [-0.3, -0.25) is 0 Å². The van der Waals surface area contributed by atoms with E-state index in [1.807, 2.05) is 6.07 Å². The largest absolute Gasteiger partial charge is 0.369 e. The highest BCUT2D eigenvalue weighted by Crippen LogP contribution is 2.22. The van der Waals surface area contributed by atoms with E-state index in [9.17, 15) is 0 Å². The fraction of sp³-hybridized carbons (Fsp3) is 0.545. The molecule has 2 N–H and O–H groups in total. The SMILES string of the molecule is Clc1cc(Br)cnc1NCC[C@@H]1CCCN1. The lowest BCUT2D eigenvalue weighted by atomic mass is 10.1. The summed E-state index contributed by atoms with van der Waals surface area (Å²) in [6.07, 6.45) is 5.45. The van der Waals surface area contributed by atoms with Gasteiger partial charge in [-0.2, -0.15) is 0 Å². The number of nitrogens with one attached hydrogen (secondary N) is 2. The van der Waals surface area contributed by atoms with Gasteiger partial charge in [0.25, 0.3) is 0 Å². The summed E-state index contributed by atoms with van der Waals surface area (Å²) >= 11 is 9.39. The molecule has 1 saturated heterocycles. The lowest BCUT2D eigenvalue weighted by molar-refractivity contribution is 0.574. The Kier molecular flexibility index (Phi) is 4.44. The summed E-state index contributed by atoms with van der Waals surface area (Å²) in [6, 6.07) is 2.51. The number of halogens is 2. The quantitative estimate of drug-likeness (QED) is 0.898.